The van der Waals surface area contributed by atoms with Crippen molar-refractivity contribution in [2.45, 2.75) is 45.4 Å². The van der Waals surface area contributed by atoms with Crippen molar-refractivity contribution in [1.29, 1.82) is 0 Å². The number of benzene rings is 2. The van der Waals surface area contributed by atoms with Gasteiger partial charge in [-0.15, -0.1) is 0 Å². The van der Waals surface area contributed by atoms with Gasteiger partial charge in [0.2, 0.25) is 10.0 Å². The minimum Gasteiger partial charge on any atom is -0.322 e. The number of sulfonamides is 1. The van der Waals surface area contributed by atoms with Crippen molar-refractivity contribution in [2.24, 2.45) is 0 Å². The van der Waals surface area contributed by atoms with Crippen LogP contribution >= 0.6 is 0 Å². The number of nitrogens with zero attached hydrogens (tertiary/aromatic N) is 1. The third-order valence-electron chi connectivity index (χ3n) is 4.61. The summed E-state index contributed by atoms with van der Waals surface area (Å²) in [6.07, 6.45) is 0. The van der Waals surface area contributed by atoms with Gasteiger partial charge in [-0.3, -0.25) is 4.79 Å². The van der Waals surface area contributed by atoms with E-state index in [2.05, 4.69) is 19.2 Å². The van der Waals surface area contributed by atoms with Gasteiger partial charge in [0, 0.05) is 24.3 Å². The third kappa shape index (κ3) is 4.76. The molecule has 0 aliphatic carbocycles. The van der Waals surface area contributed by atoms with Crippen LogP contribution in [0, 0.1) is 6.92 Å². The van der Waals surface area contributed by atoms with E-state index >= 15 is 0 Å². The lowest BCUT2D eigenvalue weighted by molar-refractivity contribution is 0.102. The first-order valence-electron chi connectivity index (χ1n) is 9.22. The number of amides is 1. The molecule has 0 heterocycles. The van der Waals surface area contributed by atoms with Gasteiger partial charge in [-0.2, -0.15) is 4.31 Å². The van der Waals surface area contributed by atoms with Crippen molar-refractivity contribution < 1.29 is 13.2 Å². The summed E-state index contributed by atoms with van der Waals surface area (Å²) in [4.78, 5) is 12.9. The fourth-order valence-electron chi connectivity index (χ4n) is 2.89. The zero-order valence-corrected chi connectivity index (χ0v) is 17.4. The first kappa shape index (κ1) is 21.1. The lowest BCUT2D eigenvalue weighted by Crippen LogP contribution is -2.30. The van der Waals surface area contributed by atoms with Crippen molar-refractivity contribution >= 4 is 21.6 Å². The third-order valence-corrected chi connectivity index (χ3v) is 6.65. The van der Waals surface area contributed by atoms with Crippen LogP contribution in [-0.2, 0) is 10.0 Å². The smallest absolute Gasteiger partial charge is 0.255 e. The molecule has 0 unspecified atom stereocenters. The SMILES string of the molecule is CCN(CC)S(=O)(=O)c1ccc(C)c(C(=O)Nc2cccc(C(C)C)c2)c1. The van der Waals surface area contributed by atoms with E-state index < -0.39 is 10.0 Å². The number of hydrogen-bond acceptors (Lipinski definition) is 3. The van der Waals surface area contributed by atoms with Crippen LogP contribution < -0.4 is 5.32 Å². The lowest BCUT2D eigenvalue weighted by atomic mass is 10.0. The Labute approximate surface area is 162 Å². The van der Waals surface area contributed by atoms with Gasteiger partial charge in [0.05, 0.1) is 4.90 Å². The fraction of sp³-hybridized carbons (Fsp3) is 0.381. The molecule has 2 aromatic carbocycles. The molecule has 0 fully saturated rings. The quantitative estimate of drug-likeness (QED) is 0.764. The Bertz CT molecular complexity index is 917. The second kappa shape index (κ2) is 8.67. The molecule has 6 heteroatoms. The monoisotopic (exact) mass is 388 g/mol. The average molecular weight is 389 g/mol. The summed E-state index contributed by atoms with van der Waals surface area (Å²) >= 11 is 0. The molecule has 0 atom stereocenters. The van der Waals surface area contributed by atoms with E-state index in [1.807, 2.05) is 24.3 Å². The van der Waals surface area contributed by atoms with Crippen molar-refractivity contribution in [3.05, 3.63) is 59.2 Å². The number of hydrogen-bond donors (Lipinski definition) is 1. The summed E-state index contributed by atoms with van der Waals surface area (Å²) in [6, 6.07) is 12.4. The number of rotatable bonds is 7. The highest BCUT2D eigenvalue weighted by atomic mass is 32.2. The summed E-state index contributed by atoms with van der Waals surface area (Å²) in [5, 5.41) is 2.88. The maximum absolute atomic E-state index is 12.8. The summed E-state index contributed by atoms with van der Waals surface area (Å²) in [6.45, 7) is 10.3. The van der Waals surface area contributed by atoms with E-state index in [0.29, 0.717) is 30.3 Å². The molecule has 5 nitrogen and oxygen atoms in total. The molecule has 0 saturated carbocycles. The average Bonchev–Trinajstić information content (AvgIpc) is 2.62. The maximum atomic E-state index is 12.8. The maximum Gasteiger partial charge on any atom is 0.255 e. The van der Waals surface area contributed by atoms with E-state index in [4.69, 9.17) is 0 Å². The van der Waals surface area contributed by atoms with Gasteiger partial charge in [-0.1, -0.05) is 45.9 Å². The van der Waals surface area contributed by atoms with Gasteiger partial charge < -0.3 is 5.32 Å². The molecule has 27 heavy (non-hydrogen) atoms. The van der Waals surface area contributed by atoms with Crippen LogP contribution in [0.25, 0.3) is 0 Å². The van der Waals surface area contributed by atoms with Crippen LogP contribution in [-0.4, -0.2) is 31.7 Å². The molecule has 0 aliphatic heterocycles. The Morgan fingerprint density at radius 3 is 2.33 bits per heavy atom. The van der Waals surface area contributed by atoms with Gasteiger partial charge in [-0.05, 0) is 48.2 Å². The molecule has 0 radical (unpaired) electrons. The summed E-state index contributed by atoms with van der Waals surface area (Å²) in [5.74, 6) is 0.0381. The van der Waals surface area contributed by atoms with E-state index in [1.54, 1.807) is 32.9 Å². The van der Waals surface area contributed by atoms with Crippen LogP contribution in [0.15, 0.2) is 47.4 Å². The molecule has 0 bridgehead atoms. The molecule has 0 saturated heterocycles. The Hall–Kier alpha value is -2.18. The van der Waals surface area contributed by atoms with Crippen LogP contribution in [0.1, 0.15) is 55.1 Å². The second-order valence-corrected chi connectivity index (χ2v) is 8.74. The molecule has 1 amide bonds. The molecule has 0 aliphatic rings. The predicted molar refractivity (Wildman–Crippen MR) is 110 cm³/mol. The van der Waals surface area contributed by atoms with Gasteiger partial charge in [-0.25, -0.2) is 8.42 Å². The number of aryl methyl sites for hydroxylation is 1. The van der Waals surface area contributed by atoms with Crippen molar-refractivity contribution in [3.8, 4) is 0 Å². The molecule has 146 valence electrons. The zero-order chi connectivity index (χ0) is 20.2. The largest absolute Gasteiger partial charge is 0.322 e. The topological polar surface area (TPSA) is 66.5 Å². The molecule has 1 N–H and O–H groups in total. The molecule has 0 aromatic heterocycles. The second-order valence-electron chi connectivity index (χ2n) is 6.80. The highest BCUT2D eigenvalue weighted by Crippen LogP contribution is 2.22. The van der Waals surface area contributed by atoms with Gasteiger partial charge in [0.15, 0.2) is 0 Å². The minimum atomic E-state index is -3.61. The van der Waals surface area contributed by atoms with E-state index in [9.17, 15) is 13.2 Å². The van der Waals surface area contributed by atoms with Crippen LogP contribution in [0.3, 0.4) is 0 Å². The Kier molecular flexibility index (Phi) is 6.78. The summed E-state index contributed by atoms with van der Waals surface area (Å²) in [5.41, 5.74) is 2.91. The molecule has 2 rings (SSSR count). The zero-order valence-electron chi connectivity index (χ0n) is 16.6. The number of carbonyl (C=O) groups is 1. The number of anilines is 1. The molecule has 0 spiro atoms. The van der Waals surface area contributed by atoms with Crippen molar-refractivity contribution in [2.75, 3.05) is 18.4 Å². The van der Waals surface area contributed by atoms with E-state index in [0.717, 1.165) is 11.1 Å². The molecule has 2 aromatic rings. The predicted octanol–water partition coefficient (Wildman–Crippen LogP) is 4.40. The van der Waals surface area contributed by atoms with Gasteiger partial charge >= 0.3 is 0 Å². The summed E-state index contributed by atoms with van der Waals surface area (Å²) in [7, 11) is -3.61. The molecular formula is C21H28N2O3S. The highest BCUT2D eigenvalue weighted by Gasteiger charge is 2.23. The first-order chi connectivity index (χ1) is 12.7. The normalized spacial score (nSPS) is 11.8. The number of nitrogens with one attached hydrogen (secondary N) is 1. The van der Waals surface area contributed by atoms with Crippen molar-refractivity contribution in [1.82, 2.24) is 4.31 Å². The van der Waals surface area contributed by atoms with Crippen LogP contribution in [0.2, 0.25) is 0 Å². The Morgan fingerprint density at radius 2 is 1.74 bits per heavy atom. The Morgan fingerprint density at radius 1 is 1.07 bits per heavy atom. The lowest BCUT2D eigenvalue weighted by Gasteiger charge is -2.19. The van der Waals surface area contributed by atoms with Gasteiger partial charge in [0.1, 0.15) is 0 Å². The fourth-order valence-corrected chi connectivity index (χ4v) is 4.38. The van der Waals surface area contributed by atoms with Gasteiger partial charge in [0.25, 0.3) is 5.91 Å². The standard InChI is InChI=1S/C21H28N2O3S/c1-6-23(7-2)27(25,26)19-12-11-16(5)20(14-19)21(24)22-18-10-8-9-17(13-18)15(3)4/h8-15H,6-7H2,1-5H3,(H,22,24). The minimum absolute atomic E-state index is 0.137. The van der Waals surface area contributed by atoms with Crippen molar-refractivity contribution in [3.63, 3.8) is 0 Å². The van der Waals surface area contributed by atoms with E-state index in [-0.39, 0.29) is 10.8 Å². The first-order valence-corrected chi connectivity index (χ1v) is 10.7. The van der Waals surface area contributed by atoms with E-state index in [1.165, 1.54) is 10.4 Å². The van der Waals surface area contributed by atoms with Crippen LogP contribution in [0.4, 0.5) is 5.69 Å². The Balaban J connectivity index is 2.36. The molecular weight excluding hydrogens is 360 g/mol. The highest BCUT2D eigenvalue weighted by molar-refractivity contribution is 7.89. The van der Waals surface area contributed by atoms with Crippen LogP contribution in [0.5, 0.6) is 0 Å². The summed E-state index contributed by atoms with van der Waals surface area (Å²) < 4.78 is 26.9. The number of carbonyl (C=O) groups excluding carboxylic acids is 1.